The van der Waals surface area contributed by atoms with Gasteiger partial charge < -0.3 is 9.04 Å². The molecule has 0 bridgehead atoms. The number of rotatable bonds is 5. The first kappa shape index (κ1) is 19.0. The molecule has 2 heterocycles. The van der Waals surface area contributed by atoms with Crippen LogP contribution in [0.5, 0.6) is 5.75 Å². The standard InChI is InChI=1S/C23H19N3O2S2/c1-28-17-8-11-19-21(14-17)29-23(24-19)25-22(27)16-6-9-18(10-7-16)30-26-13-12-15-4-2-3-5-20(15)26/h2-11,14H,12-13H2,1H3,(H,24,25,27). The van der Waals surface area contributed by atoms with Crippen LogP contribution in [0.4, 0.5) is 10.8 Å². The topological polar surface area (TPSA) is 54.5 Å². The lowest BCUT2D eigenvalue weighted by Gasteiger charge is -2.17. The van der Waals surface area contributed by atoms with Gasteiger partial charge >= 0.3 is 0 Å². The largest absolute Gasteiger partial charge is 0.497 e. The summed E-state index contributed by atoms with van der Waals surface area (Å²) in [7, 11) is 1.63. The van der Waals surface area contributed by atoms with E-state index in [1.807, 2.05) is 42.5 Å². The number of nitrogens with zero attached hydrogens (tertiary/aromatic N) is 2. The molecule has 1 aliphatic rings. The van der Waals surface area contributed by atoms with Gasteiger partial charge in [0, 0.05) is 17.0 Å². The summed E-state index contributed by atoms with van der Waals surface area (Å²) in [6.07, 6.45) is 1.07. The molecule has 0 unspecified atom stereocenters. The predicted molar refractivity (Wildman–Crippen MR) is 124 cm³/mol. The van der Waals surface area contributed by atoms with Gasteiger partial charge in [0.1, 0.15) is 5.75 Å². The van der Waals surface area contributed by atoms with Gasteiger partial charge in [0.15, 0.2) is 5.13 Å². The minimum Gasteiger partial charge on any atom is -0.497 e. The van der Waals surface area contributed by atoms with Gasteiger partial charge in [-0.3, -0.25) is 10.1 Å². The van der Waals surface area contributed by atoms with E-state index in [2.05, 4.69) is 38.9 Å². The highest BCUT2D eigenvalue weighted by molar-refractivity contribution is 8.00. The molecule has 1 amide bonds. The number of anilines is 2. The van der Waals surface area contributed by atoms with E-state index >= 15 is 0 Å². The normalized spacial score (nSPS) is 12.8. The Bertz CT molecular complexity index is 1220. The monoisotopic (exact) mass is 433 g/mol. The SMILES string of the molecule is COc1ccc2nc(NC(=O)c3ccc(SN4CCc5ccccc54)cc3)sc2c1. The van der Waals surface area contributed by atoms with Crippen LogP contribution in [0.25, 0.3) is 10.2 Å². The minimum absolute atomic E-state index is 0.163. The van der Waals surface area contributed by atoms with Gasteiger partial charge in [0.05, 0.1) is 23.0 Å². The van der Waals surface area contributed by atoms with Crippen LogP contribution in [0.1, 0.15) is 15.9 Å². The molecule has 7 heteroatoms. The Morgan fingerprint density at radius 1 is 1.13 bits per heavy atom. The Labute approximate surface area is 182 Å². The number of benzene rings is 3. The number of ether oxygens (including phenoxy) is 1. The van der Waals surface area contributed by atoms with Crippen molar-refractivity contribution >= 4 is 50.2 Å². The van der Waals surface area contributed by atoms with Gasteiger partial charge in [0.25, 0.3) is 5.91 Å². The van der Waals surface area contributed by atoms with E-state index in [1.165, 1.54) is 22.6 Å². The first-order valence-corrected chi connectivity index (χ1v) is 11.2. The summed E-state index contributed by atoms with van der Waals surface area (Å²) in [5.74, 6) is 0.613. The fourth-order valence-corrected chi connectivity index (χ4v) is 5.31. The Balaban J connectivity index is 1.27. The Morgan fingerprint density at radius 2 is 1.97 bits per heavy atom. The number of para-hydroxylation sites is 1. The smallest absolute Gasteiger partial charge is 0.257 e. The highest BCUT2D eigenvalue weighted by Crippen LogP contribution is 2.36. The summed E-state index contributed by atoms with van der Waals surface area (Å²) in [6.45, 7) is 0.995. The third kappa shape index (κ3) is 3.74. The molecule has 150 valence electrons. The fraction of sp³-hybridized carbons (Fsp3) is 0.130. The van der Waals surface area contributed by atoms with Crippen molar-refractivity contribution in [2.75, 3.05) is 23.3 Å². The number of methoxy groups -OCH3 is 1. The maximum atomic E-state index is 12.6. The zero-order valence-electron chi connectivity index (χ0n) is 16.3. The average molecular weight is 434 g/mol. The number of carbonyl (C=O) groups excluding carboxylic acids is 1. The van der Waals surface area contributed by atoms with Gasteiger partial charge in [0.2, 0.25) is 0 Å². The summed E-state index contributed by atoms with van der Waals surface area (Å²) < 4.78 is 8.53. The van der Waals surface area contributed by atoms with Crippen molar-refractivity contribution in [3.8, 4) is 5.75 Å². The molecular weight excluding hydrogens is 414 g/mol. The van der Waals surface area contributed by atoms with Crippen molar-refractivity contribution in [2.45, 2.75) is 11.3 Å². The fourth-order valence-electron chi connectivity index (χ4n) is 3.45. The summed E-state index contributed by atoms with van der Waals surface area (Å²) >= 11 is 3.14. The number of amides is 1. The second kappa shape index (κ2) is 8.01. The van der Waals surface area contributed by atoms with E-state index in [1.54, 1.807) is 19.1 Å². The van der Waals surface area contributed by atoms with Crippen molar-refractivity contribution in [3.05, 3.63) is 77.9 Å². The second-order valence-electron chi connectivity index (χ2n) is 6.90. The number of carbonyl (C=O) groups is 1. The van der Waals surface area contributed by atoms with Crippen molar-refractivity contribution in [3.63, 3.8) is 0 Å². The molecule has 1 aromatic heterocycles. The number of nitrogens with one attached hydrogen (secondary N) is 1. The van der Waals surface area contributed by atoms with Crippen LogP contribution in [0.15, 0.2) is 71.6 Å². The second-order valence-corrected chi connectivity index (χ2v) is 9.03. The molecule has 1 N–H and O–H groups in total. The van der Waals surface area contributed by atoms with Crippen LogP contribution < -0.4 is 14.4 Å². The summed E-state index contributed by atoms with van der Waals surface area (Å²) in [6, 6.07) is 21.9. The van der Waals surface area contributed by atoms with Gasteiger partial charge in [-0.15, -0.1) is 0 Å². The Kier molecular flexibility index (Phi) is 5.06. The van der Waals surface area contributed by atoms with Gasteiger partial charge in [-0.2, -0.15) is 0 Å². The first-order valence-electron chi connectivity index (χ1n) is 9.59. The molecule has 0 saturated carbocycles. The Morgan fingerprint density at radius 3 is 2.80 bits per heavy atom. The molecular formula is C23H19N3O2S2. The quantitative estimate of drug-likeness (QED) is 0.414. The lowest BCUT2D eigenvalue weighted by Crippen LogP contribution is -2.12. The van der Waals surface area contributed by atoms with Crippen LogP contribution in [0.3, 0.4) is 0 Å². The van der Waals surface area contributed by atoms with Crippen LogP contribution in [-0.2, 0) is 6.42 Å². The van der Waals surface area contributed by atoms with Crippen molar-refractivity contribution in [2.24, 2.45) is 0 Å². The van der Waals surface area contributed by atoms with Crippen LogP contribution in [0, 0.1) is 0 Å². The highest BCUT2D eigenvalue weighted by atomic mass is 32.2. The molecule has 0 aliphatic carbocycles. The minimum atomic E-state index is -0.163. The average Bonchev–Trinajstić information content (AvgIpc) is 3.37. The highest BCUT2D eigenvalue weighted by Gasteiger charge is 2.19. The molecule has 0 saturated heterocycles. The van der Waals surface area contributed by atoms with E-state index in [9.17, 15) is 4.79 Å². The zero-order chi connectivity index (χ0) is 20.5. The van der Waals surface area contributed by atoms with Crippen molar-refractivity contribution in [1.29, 1.82) is 0 Å². The number of fused-ring (bicyclic) bond motifs is 2. The van der Waals surface area contributed by atoms with E-state index < -0.39 is 0 Å². The van der Waals surface area contributed by atoms with Gasteiger partial charge in [-0.25, -0.2) is 4.98 Å². The lowest BCUT2D eigenvalue weighted by atomic mass is 10.2. The lowest BCUT2D eigenvalue weighted by molar-refractivity contribution is 0.102. The van der Waals surface area contributed by atoms with E-state index in [0.29, 0.717) is 10.7 Å². The summed E-state index contributed by atoms with van der Waals surface area (Å²) in [5, 5.41) is 3.48. The third-order valence-electron chi connectivity index (χ3n) is 4.99. The number of aromatic nitrogens is 1. The van der Waals surface area contributed by atoms with Crippen LogP contribution in [0.2, 0.25) is 0 Å². The molecule has 0 fully saturated rings. The number of hydrogen-bond acceptors (Lipinski definition) is 6. The van der Waals surface area contributed by atoms with E-state index in [-0.39, 0.29) is 5.91 Å². The molecule has 30 heavy (non-hydrogen) atoms. The van der Waals surface area contributed by atoms with Crippen LogP contribution in [-0.4, -0.2) is 24.5 Å². The molecule has 5 rings (SSSR count). The molecule has 0 spiro atoms. The van der Waals surface area contributed by atoms with Crippen molar-refractivity contribution < 1.29 is 9.53 Å². The number of thiazole rings is 1. The van der Waals surface area contributed by atoms with Crippen LogP contribution >= 0.6 is 23.3 Å². The number of hydrogen-bond donors (Lipinski definition) is 1. The van der Waals surface area contributed by atoms with E-state index in [0.717, 1.165) is 33.8 Å². The third-order valence-corrected chi connectivity index (χ3v) is 7.01. The summed E-state index contributed by atoms with van der Waals surface area (Å²) in [5.41, 5.74) is 4.11. The van der Waals surface area contributed by atoms with Gasteiger partial charge in [-0.05, 0) is 72.5 Å². The molecule has 0 atom stereocenters. The Hall–Kier alpha value is -3.03. The molecule has 1 aliphatic heterocycles. The molecule has 0 radical (unpaired) electrons. The predicted octanol–water partition coefficient (Wildman–Crippen LogP) is 5.63. The summed E-state index contributed by atoms with van der Waals surface area (Å²) in [4.78, 5) is 18.2. The van der Waals surface area contributed by atoms with E-state index in [4.69, 9.17) is 4.74 Å². The van der Waals surface area contributed by atoms with Crippen molar-refractivity contribution in [1.82, 2.24) is 4.98 Å². The molecule has 4 aromatic rings. The first-order chi connectivity index (χ1) is 14.7. The maximum absolute atomic E-state index is 12.6. The van der Waals surface area contributed by atoms with Gasteiger partial charge in [-0.1, -0.05) is 29.5 Å². The molecule has 3 aromatic carbocycles. The molecule has 5 nitrogen and oxygen atoms in total. The zero-order valence-corrected chi connectivity index (χ0v) is 17.9. The maximum Gasteiger partial charge on any atom is 0.257 e.